The summed E-state index contributed by atoms with van der Waals surface area (Å²) in [5, 5.41) is 11.7. The molecule has 0 aliphatic rings. The Kier molecular flexibility index (Phi) is 7.50. The molecule has 0 N–H and O–H groups in total. The third-order valence-electron chi connectivity index (χ3n) is 6.80. The van der Waals surface area contributed by atoms with E-state index in [-0.39, 0.29) is 0 Å². The fourth-order valence-electron chi connectivity index (χ4n) is 5.39. The monoisotopic (exact) mass is 486 g/mol. The Morgan fingerprint density at radius 3 is 2.43 bits per heavy atom. The van der Waals surface area contributed by atoms with E-state index in [0.29, 0.717) is 16.6 Å². The van der Waals surface area contributed by atoms with E-state index in [1.54, 1.807) is 0 Å². The van der Waals surface area contributed by atoms with Gasteiger partial charge in [-0.15, -0.1) is 5.10 Å². The Morgan fingerprint density at radius 1 is 1.03 bits per heavy atom. The summed E-state index contributed by atoms with van der Waals surface area (Å²) >= 11 is 3.56. The molecule has 1 atom stereocenters. The fraction of sp³-hybridized carbons (Fsp3) is 0.542. The standard InChI is InChI=1S/C24H35BrN4Si/c1-7-8-9-10-19(6)30(17(2)3,18(4)5)24-16-29(28-27-24)22-14-20-13-21(25)11-12-23(20)26-15-22/h11-19H,7-10H2,1-6H3. The van der Waals surface area contributed by atoms with Crippen LogP contribution in [-0.4, -0.2) is 28.1 Å². The second-order valence-electron chi connectivity index (χ2n) is 9.22. The maximum atomic E-state index is 4.79. The molecule has 0 bridgehead atoms. The highest BCUT2D eigenvalue weighted by atomic mass is 79.9. The molecule has 0 saturated carbocycles. The molecule has 0 aliphatic heterocycles. The lowest BCUT2D eigenvalue weighted by molar-refractivity contribution is 0.631. The maximum Gasteiger partial charge on any atom is 0.123 e. The molecule has 0 saturated heterocycles. The summed E-state index contributed by atoms with van der Waals surface area (Å²) in [5.41, 5.74) is 3.86. The Morgan fingerprint density at radius 2 is 1.77 bits per heavy atom. The van der Waals surface area contributed by atoms with Crippen molar-refractivity contribution in [2.45, 2.75) is 83.8 Å². The number of rotatable bonds is 9. The van der Waals surface area contributed by atoms with E-state index in [1.165, 1.54) is 31.0 Å². The first kappa shape index (κ1) is 23.1. The summed E-state index contributed by atoms with van der Waals surface area (Å²) in [6.07, 6.45) is 9.27. The maximum absolute atomic E-state index is 4.79. The molecular formula is C24H35BrN4Si. The molecule has 2 aromatic heterocycles. The zero-order valence-corrected chi connectivity index (χ0v) is 21.8. The number of halogens is 1. The van der Waals surface area contributed by atoms with Gasteiger partial charge >= 0.3 is 0 Å². The van der Waals surface area contributed by atoms with Crippen LogP contribution in [0.25, 0.3) is 16.6 Å². The molecule has 0 fully saturated rings. The summed E-state index contributed by atoms with van der Waals surface area (Å²) < 4.78 is 2.98. The van der Waals surface area contributed by atoms with E-state index in [1.807, 2.05) is 23.0 Å². The van der Waals surface area contributed by atoms with Gasteiger partial charge in [-0.25, -0.2) is 4.68 Å². The van der Waals surface area contributed by atoms with E-state index in [0.717, 1.165) is 21.1 Å². The average Bonchev–Trinajstić information content (AvgIpc) is 3.17. The van der Waals surface area contributed by atoms with E-state index in [2.05, 4.69) is 86.0 Å². The molecular weight excluding hydrogens is 452 g/mol. The minimum atomic E-state index is -1.88. The molecule has 0 spiro atoms. The summed E-state index contributed by atoms with van der Waals surface area (Å²) in [4.78, 5) is 4.63. The van der Waals surface area contributed by atoms with Crippen molar-refractivity contribution in [3.63, 3.8) is 0 Å². The first-order chi connectivity index (χ1) is 14.3. The molecule has 0 radical (unpaired) electrons. The number of nitrogens with zero attached hydrogens (tertiary/aromatic N) is 4. The summed E-state index contributed by atoms with van der Waals surface area (Å²) in [5.74, 6) is 0. The SMILES string of the molecule is CCCCCC(C)[Si](c1cn(-c2cnc3ccc(Br)cc3c2)nn1)(C(C)C)C(C)C. The number of hydrogen-bond acceptors (Lipinski definition) is 3. The van der Waals surface area contributed by atoms with Gasteiger partial charge in [-0.05, 0) is 40.9 Å². The van der Waals surface area contributed by atoms with Crippen LogP contribution in [0.2, 0.25) is 16.6 Å². The molecule has 1 aromatic carbocycles. The smallest absolute Gasteiger partial charge is 0.123 e. The van der Waals surface area contributed by atoms with Crippen molar-refractivity contribution in [3.05, 3.63) is 41.1 Å². The normalized spacial score (nSPS) is 13.5. The predicted octanol–water partition coefficient (Wildman–Crippen LogP) is 7.02. The minimum Gasteiger partial charge on any atom is -0.254 e. The van der Waals surface area contributed by atoms with E-state index >= 15 is 0 Å². The van der Waals surface area contributed by atoms with Gasteiger partial charge in [-0.2, -0.15) is 0 Å². The lowest BCUT2D eigenvalue weighted by atomic mass is 10.2. The van der Waals surface area contributed by atoms with Crippen molar-refractivity contribution in [1.82, 2.24) is 20.0 Å². The van der Waals surface area contributed by atoms with Crippen LogP contribution in [0.4, 0.5) is 0 Å². The van der Waals surface area contributed by atoms with E-state index < -0.39 is 8.07 Å². The summed E-state index contributed by atoms with van der Waals surface area (Å²) in [6, 6.07) is 8.29. The van der Waals surface area contributed by atoms with Crippen molar-refractivity contribution >= 4 is 40.2 Å². The van der Waals surface area contributed by atoms with Crippen LogP contribution in [0.1, 0.15) is 67.2 Å². The summed E-state index contributed by atoms with van der Waals surface area (Å²) in [7, 11) is -1.88. The molecule has 30 heavy (non-hydrogen) atoms. The van der Waals surface area contributed by atoms with E-state index in [9.17, 15) is 0 Å². The van der Waals surface area contributed by atoms with Crippen LogP contribution in [-0.2, 0) is 0 Å². The number of fused-ring (bicyclic) bond motifs is 1. The highest BCUT2D eigenvalue weighted by molar-refractivity contribution is 9.10. The first-order valence-electron chi connectivity index (χ1n) is 11.3. The Bertz CT molecular complexity index is 974. The topological polar surface area (TPSA) is 43.6 Å². The van der Waals surface area contributed by atoms with Gasteiger partial charge in [0.25, 0.3) is 0 Å². The van der Waals surface area contributed by atoms with Crippen molar-refractivity contribution in [2.75, 3.05) is 0 Å². The average molecular weight is 488 g/mol. The van der Waals surface area contributed by atoms with Crippen LogP contribution in [0.3, 0.4) is 0 Å². The number of pyridine rings is 1. The second kappa shape index (κ2) is 9.73. The molecule has 4 nitrogen and oxygen atoms in total. The predicted molar refractivity (Wildman–Crippen MR) is 134 cm³/mol. The van der Waals surface area contributed by atoms with Crippen LogP contribution in [0, 0.1) is 0 Å². The zero-order valence-electron chi connectivity index (χ0n) is 19.2. The third-order valence-corrected chi connectivity index (χ3v) is 14.1. The Hall–Kier alpha value is -1.53. The zero-order chi connectivity index (χ0) is 21.9. The van der Waals surface area contributed by atoms with Crippen molar-refractivity contribution in [2.24, 2.45) is 0 Å². The van der Waals surface area contributed by atoms with Gasteiger partial charge < -0.3 is 0 Å². The van der Waals surface area contributed by atoms with Gasteiger partial charge in [0.05, 0.1) is 22.7 Å². The number of aromatic nitrogens is 4. The molecule has 2 heterocycles. The third kappa shape index (κ3) is 4.40. The van der Waals surface area contributed by atoms with Crippen molar-refractivity contribution in [3.8, 4) is 5.69 Å². The largest absolute Gasteiger partial charge is 0.254 e. The molecule has 6 heteroatoms. The van der Waals surface area contributed by atoms with Crippen LogP contribution < -0.4 is 5.32 Å². The minimum absolute atomic E-state index is 0.616. The van der Waals surface area contributed by atoms with Gasteiger partial charge in [0.1, 0.15) is 8.07 Å². The fourth-order valence-corrected chi connectivity index (χ4v) is 12.3. The number of benzene rings is 1. The van der Waals surface area contributed by atoms with E-state index in [4.69, 9.17) is 5.10 Å². The molecule has 1 unspecified atom stereocenters. The first-order valence-corrected chi connectivity index (χ1v) is 14.3. The van der Waals surface area contributed by atoms with Crippen molar-refractivity contribution in [1.29, 1.82) is 0 Å². The molecule has 162 valence electrons. The lowest BCUT2D eigenvalue weighted by Crippen LogP contribution is -2.57. The molecule has 0 aliphatic carbocycles. The van der Waals surface area contributed by atoms with Gasteiger partial charge in [-0.1, -0.05) is 88.4 Å². The molecule has 3 rings (SSSR count). The quantitative estimate of drug-likeness (QED) is 0.241. The van der Waals surface area contributed by atoms with Gasteiger partial charge in [0, 0.05) is 16.1 Å². The second-order valence-corrected chi connectivity index (χ2v) is 15.8. The molecule has 0 amide bonds. The number of hydrogen-bond donors (Lipinski definition) is 0. The highest BCUT2D eigenvalue weighted by Crippen LogP contribution is 2.43. The highest BCUT2D eigenvalue weighted by Gasteiger charge is 2.48. The Labute approximate surface area is 190 Å². The van der Waals surface area contributed by atoms with Crippen molar-refractivity contribution < 1.29 is 0 Å². The van der Waals surface area contributed by atoms with Gasteiger partial charge in [0.15, 0.2) is 0 Å². The van der Waals surface area contributed by atoms with Crippen LogP contribution in [0.15, 0.2) is 41.1 Å². The Balaban J connectivity index is 2.01. The van der Waals surface area contributed by atoms with Crippen LogP contribution in [0.5, 0.6) is 0 Å². The van der Waals surface area contributed by atoms with Gasteiger partial charge in [0.2, 0.25) is 0 Å². The number of unbranched alkanes of at least 4 members (excludes halogenated alkanes) is 2. The molecule has 3 aromatic rings. The lowest BCUT2D eigenvalue weighted by Gasteiger charge is -2.42. The van der Waals surface area contributed by atoms with Crippen LogP contribution >= 0.6 is 15.9 Å². The van der Waals surface area contributed by atoms with Gasteiger partial charge in [-0.3, -0.25) is 4.98 Å². The summed E-state index contributed by atoms with van der Waals surface area (Å²) in [6.45, 7) is 14.3.